The van der Waals surface area contributed by atoms with Crippen LogP contribution in [0, 0.1) is 17.5 Å². The maximum absolute atomic E-state index is 14.0. The number of hydrogen-bond donors (Lipinski definition) is 0. The second-order valence-electron chi connectivity index (χ2n) is 6.12. The summed E-state index contributed by atoms with van der Waals surface area (Å²) in [6.45, 7) is 0. The molecule has 3 nitrogen and oxygen atoms in total. The van der Waals surface area contributed by atoms with Crippen molar-refractivity contribution in [2.45, 2.75) is 5.92 Å². The van der Waals surface area contributed by atoms with Gasteiger partial charge in [-0.15, -0.1) is 0 Å². The van der Waals surface area contributed by atoms with Gasteiger partial charge >= 0.3 is 7.32 Å². The molecule has 3 aromatic carbocycles. The molecule has 0 aromatic heterocycles. The summed E-state index contributed by atoms with van der Waals surface area (Å²) in [6, 6.07) is 12.0. The van der Waals surface area contributed by atoms with E-state index in [0.29, 0.717) is 33.9 Å². The van der Waals surface area contributed by atoms with E-state index in [2.05, 4.69) is 0 Å². The normalized spacial score (nSPS) is 14.7. The molecule has 7 heteroatoms. The second-order valence-corrected chi connectivity index (χ2v) is 6.12. The highest BCUT2D eigenvalue weighted by Crippen LogP contribution is 2.48. The van der Waals surface area contributed by atoms with Gasteiger partial charge in [0, 0.05) is 22.6 Å². The van der Waals surface area contributed by atoms with Gasteiger partial charge in [0.1, 0.15) is 34.7 Å². The highest BCUT2D eigenvalue weighted by Gasteiger charge is 2.41. The summed E-state index contributed by atoms with van der Waals surface area (Å²) in [5, 5.41) is 0. The Labute approximate surface area is 147 Å². The van der Waals surface area contributed by atoms with Crippen LogP contribution < -0.4 is 14.0 Å². The van der Waals surface area contributed by atoms with Crippen molar-refractivity contribution in [2.24, 2.45) is 0 Å². The van der Waals surface area contributed by atoms with E-state index < -0.39 is 30.7 Å². The number of halogens is 3. The van der Waals surface area contributed by atoms with Crippen LogP contribution >= 0.6 is 0 Å². The number of rotatable bonds is 0. The molecule has 0 N–H and O–H groups in total. The molecular formula is C19H10BF3O3. The topological polar surface area (TPSA) is 27.7 Å². The Hall–Kier alpha value is -3.09. The molecule has 0 spiro atoms. The Morgan fingerprint density at radius 3 is 1.27 bits per heavy atom. The highest BCUT2D eigenvalue weighted by molar-refractivity contribution is 6.40. The molecule has 2 bridgehead atoms. The van der Waals surface area contributed by atoms with Crippen molar-refractivity contribution in [1.29, 1.82) is 0 Å². The smallest absolute Gasteiger partial charge is 0.489 e. The summed E-state index contributed by atoms with van der Waals surface area (Å²) in [7, 11) is -1.19. The average Bonchev–Trinajstić information content (AvgIpc) is 2.58. The van der Waals surface area contributed by atoms with Crippen LogP contribution in [0.25, 0.3) is 0 Å². The summed E-state index contributed by atoms with van der Waals surface area (Å²) in [5.74, 6) is -1.18. The van der Waals surface area contributed by atoms with Crippen LogP contribution in [0.1, 0.15) is 22.6 Å². The average molecular weight is 354 g/mol. The molecule has 0 atom stereocenters. The van der Waals surface area contributed by atoms with Crippen molar-refractivity contribution in [2.75, 3.05) is 0 Å². The molecule has 0 aliphatic carbocycles. The van der Waals surface area contributed by atoms with Gasteiger partial charge in [0.15, 0.2) is 0 Å². The van der Waals surface area contributed by atoms with Crippen LogP contribution in [0.2, 0.25) is 0 Å². The molecule has 0 unspecified atom stereocenters. The van der Waals surface area contributed by atoms with Crippen molar-refractivity contribution in [3.63, 3.8) is 0 Å². The monoisotopic (exact) mass is 354 g/mol. The molecule has 3 aliphatic heterocycles. The van der Waals surface area contributed by atoms with Crippen molar-refractivity contribution < 1.29 is 27.1 Å². The minimum Gasteiger partial charge on any atom is -0.489 e. The van der Waals surface area contributed by atoms with Crippen LogP contribution in [0.15, 0.2) is 54.6 Å². The van der Waals surface area contributed by atoms with Crippen LogP contribution in [0.3, 0.4) is 0 Å². The van der Waals surface area contributed by atoms with Crippen molar-refractivity contribution in [3.05, 3.63) is 88.7 Å². The summed E-state index contributed by atoms with van der Waals surface area (Å²) < 4.78 is 59.2. The van der Waals surface area contributed by atoms with Crippen molar-refractivity contribution >= 4 is 7.32 Å². The molecule has 3 aromatic rings. The lowest BCUT2D eigenvalue weighted by atomic mass is 9.81. The summed E-state index contributed by atoms with van der Waals surface area (Å²) in [4.78, 5) is 0. The van der Waals surface area contributed by atoms with E-state index in [-0.39, 0.29) is 0 Å². The Kier molecular flexibility index (Phi) is 3.19. The first-order chi connectivity index (χ1) is 12.6. The standard InChI is InChI=1S/C19H10BF3O3/c21-10-1-4-16-13(7-10)19-14-8-11(22)2-5-17(14)25-20(24-16)26-18-6-3-12(23)9-15(18)19/h1-9,19H. The van der Waals surface area contributed by atoms with E-state index >= 15 is 0 Å². The maximum Gasteiger partial charge on any atom is 0.864 e. The fourth-order valence-corrected chi connectivity index (χ4v) is 3.44. The third-order valence-electron chi connectivity index (χ3n) is 4.52. The predicted molar refractivity (Wildman–Crippen MR) is 87.8 cm³/mol. The van der Waals surface area contributed by atoms with Crippen LogP contribution in [0.5, 0.6) is 17.2 Å². The molecule has 3 aliphatic rings. The molecule has 26 heavy (non-hydrogen) atoms. The molecule has 0 radical (unpaired) electrons. The zero-order chi connectivity index (χ0) is 17.8. The minimum absolute atomic E-state index is 0.325. The Morgan fingerprint density at radius 2 is 0.923 bits per heavy atom. The molecule has 6 rings (SSSR count). The Morgan fingerprint density at radius 1 is 0.577 bits per heavy atom. The minimum atomic E-state index is -1.19. The van der Waals surface area contributed by atoms with E-state index in [1.165, 1.54) is 54.6 Å². The van der Waals surface area contributed by atoms with Gasteiger partial charge in [-0.3, -0.25) is 0 Å². The molecule has 0 amide bonds. The molecule has 0 fully saturated rings. The van der Waals surface area contributed by atoms with E-state index in [1.807, 2.05) is 0 Å². The summed E-state index contributed by atoms with van der Waals surface area (Å²) in [6.07, 6.45) is 0. The SMILES string of the molecule is Fc1ccc2c(c1)C1c3cc(F)ccc3OB(O2)Oc2ccc(F)cc21. The highest BCUT2D eigenvalue weighted by atomic mass is 19.1. The maximum atomic E-state index is 14.0. The third kappa shape index (κ3) is 2.31. The lowest BCUT2D eigenvalue weighted by Crippen LogP contribution is -2.40. The molecule has 0 saturated carbocycles. The predicted octanol–water partition coefficient (Wildman–Crippen LogP) is 4.43. The molecule has 128 valence electrons. The Bertz CT molecular complexity index is 909. The second kappa shape index (κ2) is 5.46. The lowest BCUT2D eigenvalue weighted by molar-refractivity contribution is 0.291. The molecular weight excluding hydrogens is 344 g/mol. The third-order valence-corrected chi connectivity index (χ3v) is 4.52. The quantitative estimate of drug-likeness (QED) is 0.559. The van der Waals surface area contributed by atoms with Gasteiger partial charge in [-0.2, -0.15) is 0 Å². The van der Waals surface area contributed by atoms with Gasteiger partial charge < -0.3 is 14.0 Å². The van der Waals surface area contributed by atoms with Gasteiger partial charge in [-0.1, -0.05) is 0 Å². The van der Waals surface area contributed by atoms with Gasteiger partial charge in [0.05, 0.1) is 0 Å². The van der Waals surface area contributed by atoms with E-state index in [9.17, 15) is 13.2 Å². The first-order valence-corrected chi connectivity index (χ1v) is 7.97. The zero-order valence-corrected chi connectivity index (χ0v) is 13.2. The van der Waals surface area contributed by atoms with Gasteiger partial charge in [0.2, 0.25) is 0 Å². The van der Waals surface area contributed by atoms with Crippen molar-refractivity contribution in [1.82, 2.24) is 0 Å². The van der Waals surface area contributed by atoms with E-state index in [1.54, 1.807) is 0 Å². The largest absolute Gasteiger partial charge is 0.864 e. The number of benzene rings is 3. The van der Waals surface area contributed by atoms with Crippen LogP contribution in [-0.2, 0) is 0 Å². The Balaban J connectivity index is 1.89. The van der Waals surface area contributed by atoms with Crippen LogP contribution in [-0.4, -0.2) is 7.32 Å². The fourth-order valence-electron chi connectivity index (χ4n) is 3.44. The molecule has 0 saturated heterocycles. The fraction of sp³-hybridized carbons (Fsp3) is 0.0526. The van der Waals surface area contributed by atoms with Gasteiger partial charge in [-0.25, -0.2) is 13.2 Å². The lowest BCUT2D eigenvalue weighted by Gasteiger charge is -2.33. The zero-order valence-electron chi connectivity index (χ0n) is 13.2. The van der Waals surface area contributed by atoms with E-state index in [4.69, 9.17) is 14.0 Å². The van der Waals surface area contributed by atoms with E-state index in [0.717, 1.165) is 0 Å². The van der Waals surface area contributed by atoms with Gasteiger partial charge in [-0.05, 0) is 54.6 Å². The summed E-state index contributed by atoms with van der Waals surface area (Å²) in [5.41, 5.74) is 1.33. The first-order valence-electron chi connectivity index (χ1n) is 7.97. The molecule has 3 heterocycles. The van der Waals surface area contributed by atoms with Crippen molar-refractivity contribution in [3.8, 4) is 17.2 Å². The summed E-state index contributed by atoms with van der Waals surface area (Å²) >= 11 is 0. The number of hydrogen-bond acceptors (Lipinski definition) is 3. The van der Waals surface area contributed by atoms with Gasteiger partial charge in [0.25, 0.3) is 0 Å². The first kappa shape index (κ1) is 15.2. The van der Waals surface area contributed by atoms with Crippen LogP contribution in [0.4, 0.5) is 13.2 Å².